The molecular formula is C31H50N4O4S. The van der Waals surface area contributed by atoms with Crippen molar-refractivity contribution in [3.05, 3.63) is 71.8 Å². The van der Waals surface area contributed by atoms with Gasteiger partial charge in [0, 0.05) is 40.2 Å². The van der Waals surface area contributed by atoms with Gasteiger partial charge in [-0.2, -0.15) is 0 Å². The van der Waals surface area contributed by atoms with Crippen molar-refractivity contribution in [1.82, 2.24) is 9.80 Å². The summed E-state index contributed by atoms with van der Waals surface area (Å²) in [4.78, 5) is 43.2. The first-order valence-corrected chi connectivity index (χ1v) is 13.7. The van der Waals surface area contributed by atoms with E-state index in [2.05, 4.69) is 4.99 Å². The Labute approximate surface area is 246 Å². The van der Waals surface area contributed by atoms with E-state index in [0.29, 0.717) is 38.3 Å². The number of hydrogen-bond donors (Lipinski definition) is 1. The number of rotatable bonds is 12. The number of methoxy groups -OCH3 is 1. The topological polar surface area (TPSA) is 105 Å². The summed E-state index contributed by atoms with van der Waals surface area (Å²) in [5, 5.41) is 0.136. The van der Waals surface area contributed by atoms with E-state index in [1.54, 1.807) is 23.8 Å². The molecule has 0 saturated heterocycles. The van der Waals surface area contributed by atoms with Gasteiger partial charge in [-0.25, -0.2) is 0 Å². The van der Waals surface area contributed by atoms with E-state index < -0.39 is 5.92 Å². The van der Waals surface area contributed by atoms with Crippen molar-refractivity contribution >= 4 is 34.7 Å². The van der Waals surface area contributed by atoms with Crippen LogP contribution in [0.1, 0.15) is 59.1 Å². The summed E-state index contributed by atoms with van der Waals surface area (Å²) in [5.74, 6) is 0.466. The molecule has 40 heavy (non-hydrogen) atoms. The molecule has 0 spiro atoms. The summed E-state index contributed by atoms with van der Waals surface area (Å²) in [5.41, 5.74) is 7.70. The second-order valence-corrected chi connectivity index (χ2v) is 10.1. The molecule has 2 rings (SSSR count). The number of esters is 1. The normalized spacial score (nSPS) is 11.0. The highest BCUT2D eigenvalue weighted by molar-refractivity contribution is 8.13. The van der Waals surface area contributed by atoms with Gasteiger partial charge < -0.3 is 20.3 Å². The first-order valence-electron chi connectivity index (χ1n) is 12.7. The van der Waals surface area contributed by atoms with Crippen molar-refractivity contribution < 1.29 is 19.1 Å². The van der Waals surface area contributed by atoms with Gasteiger partial charge in [-0.15, -0.1) is 0 Å². The lowest BCUT2D eigenvalue weighted by atomic mass is 9.98. The van der Waals surface area contributed by atoms with Gasteiger partial charge in [-0.3, -0.25) is 19.4 Å². The molecule has 0 heterocycles. The van der Waals surface area contributed by atoms with Crippen LogP contribution in [-0.2, 0) is 27.4 Å². The lowest BCUT2D eigenvalue weighted by Crippen LogP contribution is -2.30. The maximum atomic E-state index is 12.4. The first-order chi connectivity index (χ1) is 18.2. The lowest BCUT2D eigenvalue weighted by molar-refractivity contribution is -0.149. The highest BCUT2D eigenvalue weighted by atomic mass is 32.2. The number of aliphatic imine (C=N–C) groups is 1. The fraction of sp³-hybridized carbons (Fsp3) is 0.484. The standard InChI is InChI=1S/C18H27N3O3.C11H15NOS.2CH4/c1-14(19)20-11-7-10-16(18(23)24-3)12-17(22)21(2)13-15-8-5-4-6-9-15;1-3-14-11(13)12(2)9-10-7-5-4-6-8-10;;/h4-6,8-9,16H,7,10-13H2,1-3H3,(H2,19,20);4-8H,3,9H2,1-2H3;2*1H4. The van der Waals surface area contributed by atoms with Crippen LogP contribution in [0.3, 0.4) is 0 Å². The SMILES string of the molecule is C.C.CCSC(=O)N(C)Cc1ccccc1.COC(=O)C(CCCN=C(C)N)CC(=O)N(C)Cc1ccccc1. The van der Waals surface area contributed by atoms with Gasteiger partial charge in [0.15, 0.2) is 0 Å². The van der Waals surface area contributed by atoms with Gasteiger partial charge >= 0.3 is 5.97 Å². The van der Waals surface area contributed by atoms with E-state index in [-0.39, 0.29) is 38.4 Å². The third-order valence-electron chi connectivity index (χ3n) is 5.56. The minimum Gasteiger partial charge on any atom is -0.469 e. The zero-order valence-corrected chi connectivity index (χ0v) is 24.1. The molecule has 0 radical (unpaired) electrons. The Morgan fingerprint density at radius 3 is 1.88 bits per heavy atom. The van der Waals surface area contributed by atoms with Crippen LogP contribution in [-0.4, -0.2) is 66.3 Å². The second-order valence-electron chi connectivity index (χ2n) is 8.87. The number of amides is 2. The molecule has 1 unspecified atom stereocenters. The Balaban J connectivity index is 0. The van der Waals surface area contributed by atoms with Crippen molar-refractivity contribution in [1.29, 1.82) is 0 Å². The van der Waals surface area contributed by atoms with E-state index in [4.69, 9.17) is 10.5 Å². The minimum absolute atomic E-state index is 0. The van der Waals surface area contributed by atoms with Gasteiger partial charge in [0.25, 0.3) is 5.24 Å². The number of ether oxygens (including phenoxy) is 1. The van der Waals surface area contributed by atoms with Crippen LogP contribution in [0.4, 0.5) is 4.79 Å². The molecule has 0 fully saturated rings. The highest BCUT2D eigenvalue weighted by Crippen LogP contribution is 2.16. The zero-order chi connectivity index (χ0) is 28.3. The van der Waals surface area contributed by atoms with Crippen molar-refractivity contribution in [2.45, 2.75) is 61.1 Å². The number of nitrogens with zero attached hydrogens (tertiary/aromatic N) is 3. The predicted octanol–water partition coefficient (Wildman–Crippen LogP) is 6.25. The maximum absolute atomic E-state index is 12.4. The summed E-state index contributed by atoms with van der Waals surface area (Å²) >= 11 is 1.35. The third kappa shape index (κ3) is 16.6. The molecule has 0 bridgehead atoms. The molecule has 9 heteroatoms. The molecule has 8 nitrogen and oxygen atoms in total. The fourth-order valence-electron chi connectivity index (χ4n) is 3.53. The molecule has 0 aliphatic carbocycles. The van der Waals surface area contributed by atoms with Gasteiger partial charge in [-0.05, 0) is 36.6 Å². The zero-order valence-electron chi connectivity index (χ0n) is 23.3. The van der Waals surface area contributed by atoms with Crippen LogP contribution < -0.4 is 5.73 Å². The van der Waals surface area contributed by atoms with Crippen molar-refractivity contribution in [3.8, 4) is 0 Å². The van der Waals surface area contributed by atoms with Crippen LogP contribution >= 0.6 is 11.8 Å². The summed E-state index contributed by atoms with van der Waals surface area (Å²) in [6.07, 6.45) is 1.37. The van der Waals surface area contributed by atoms with Crippen LogP contribution in [0, 0.1) is 5.92 Å². The van der Waals surface area contributed by atoms with Gasteiger partial charge in [0.2, 0.25) is 5.91 Å². The number of thioether (sulfide) groups is 1. The summed E-state index contributed by atoms with van der Waals surface area (Å²) < 4.78 is 4.82. The highest BCUT2D eigenvalue weighted by Gasteiger charge is 2.24. The third-order valence-corrected chi connectivity index (χ3v) is 6.41. The molecule has 2 aromatic carbocycles. The van der Waals surface area contributed by atoms with E-state index in [0.717, 1.165) is 11.3 Å². The Bertz CT molecular complexity index is 999. The fourth-order valence-corrected chi connectivity index (χ4v) is 4.06. The molecule has 0 saturated carbocycles. The minimum atomic E-state index is -0.450. The van der Waals surface area contributed by atoms with Crippen molar-refractivity contribution in [3.63, 3.8) is 0 Å². The molecule has 2 N–H and O–H groups in total. The monoisotopic (exact) mass is 574 g/mol. The smallest absolute Gasteiger partial charge is 0.309 e. The van der Waals surface area contributed by atoms with Crippen LogP contribution in [0.5, 0.6) is 0 Å². The quantitative estimate of drug-likeness (QED) is 0.139. The van der Waals surface area contributed by atoms with E-state index in [1.807, 2.05) is 74.6 Å². The van der Waals surface area contributed by atoms with Crippen molar-refractivity contribution in [2.75, 3.05) is 33.5 Å². The van der Waals surface area contributed by atoms with Crippen LogP contribution in [0.2, 0.25) is 0 Å². The van der Waals surface area contributed by atoms with Gasteiger partial charge in [0.1, 0.15) is 0 Å². The summed E-state index contributed by atoms with van der Waals surface area (Å²) in [7, 11) is 4.92. The average Bonchev–Trinajstić information content (AvgIpc) is 2.91. The van der Waals surface area contributed by atoms with Gasteiger partial charge in [0.05, 0.1) is 18.9 Å². The first kappa shape index (κ1) is 38.8. The average molecular weight is 575 g/mol. The Hall–Kier alpha value is -3.33. The number of benzene rings is 2. The molecule has 0 aromatic heterocycles. The maximum Gasteiger partial charge on any atom is 0.309 e. The number of hydrogen-bond acceptors (Lipinski definition) is 6. The largest absolute Gasteiger partial charge is 0.469 e. The summed E-state index contributed by atoms with van der Waals surface area (Å²) in [6.45, 7) is 5.46. The predicted molar refractivity (Wildman–Crippen MR) is 169 cm³/mol. The van der Waals surface area contributed by atoms with E-state index in [1.165, 1.54) is 24.4 Å². The Morgan fingerprint density at radius 2 is 1.43 bits per heavy atom. The number of amidine groups is 1. The second kappa shape index (κ2) is 22.5. The number of nitrogens with two attached hydrogens (primary N) is 1. The lowest BCUT2D eigenvalue weighted by Gasteiger charge is -2.20. The Kier molecular flexibility index (Phi) is 21.8. The molecular weight excluding hydrogens is 524 g/mol. The molecule has 224 valence electrons. The van der Waals surface area contributed by atoms with Crippen LogP contribution in [0.25, 0.3) is 0 Å². The molecule has 0 aliphatic heterocycles. The van der Waals surface area contributed by atoms with Gasteiger partial charge in [-0.1, -0.05) is 94.2 Å². The molecule has 0 aliphatic rings. The van der Waals surface area contributed by atoms with Crippen LogP contribution in [0.15, 0.2) is 65.7 Å². The van der Waals surface area contributed by atoms with E-state index >= 15 is 0 Å². The van der Waals surface area contributed by atoms with E-state index in [9.17, 15) is 14.4 Å². The molecule has 2 aromatic rings. The number of carbonyl (C=O) groups excluding carboxylic acids is 3. The number of carbonyl (C=O) groups is 3. The molecule has 1 atom stereocenters. The summed E-state index contributed by atoms with van der Waals surface area (Å²) in [6, 6.07) is 19.7. The Morgan fingerprint density at radius 1 is 0.925 bits per heavy atom. The van der Waals surface area contributed by atoms with Crippen molar-refractivity contribution in [2.24, 2.45) is 16.6 Å². The molecule has 2 amide bonds.